The molecule has 0 aromatic carbocycles. The summed E-state index contributed by atoms with van der Waals surface area (Å²) in [5.74, 6) is -1.97. The van der Waals surface area contributed by atoms with Gasteiger partial charge in [-0.05, 0) is 13.0 Å². The van der Waals surface area contributed by atoms with Gasteiger partial charge >= 0.3 is 12.1 Å². The summed E-state index contributed by atoms with van der Waals surface area (Å²) in [7, 11) is 5.71. The topological polar surface area (TPSA) is 88.0 Å². The molecule has 0 aliphatic carbocycles. The molecule has 0 bridgehead atoms. The normalized spacial score (nSPS) is 21.8. The molecule has 158 valence electrons. The summed E-state index contributed by atoms with van der Waals surface area (Å²) in [6.07, 6.45) is -2.07. The number of ether oxygens (including phenoxy) is 2. The van der Waals surface area contributed by atoms with E-state index in [4.69, 9.17) is 24.4 Å². The van der Waals surface area contributed by atoms with E-state index in [2.05, 4.69) is 9.88 Å². The van der Waals surface area contributed by atoms with Crippen LogP contribution in [0.3, 0.4) is 0 Å². The van der Waals surface area contributed by atoms with Gasteiger partial charge in [0.05, 0.1) is 30.9 Å². The van der Waals surface area contributed by atoms with Crippen molar-refractivity contribution < 1.29 is 32.5 Å². The first kappa shape index (κ1) is 22.3. The van der Waals surface area contributed by atoms with Gasteiger partial charge in [-0.2, -0.15) is 13.2 Å². The summed E-state index contributed by atoms with van der Waals surface area (Å²) in [5.41, 5.74) is 2.35. The highest BCUT2D eigenvalue weighted by molar-refractivity contribution is 5.73. The molecule has 0 amide bonds. The minimum Gasteiger partial charge on any atom is -0.475 e. The molecule has 2 aliphatic rings. The van der Waals surface area contributed by atoms with Crippen molar-refractivity contribution in [1.29, 1.82) is 0 Å². The average molecular weight is 406 g/mol. The van der Waals surface area contributed by atoms with Crippen molar-refractivity contribution >= 4 is 11.9 Å². The van der Waals surface area contributed by atoms with Crippen molar-refractivity contribution in [2.45, 2.75) is 24.6 Å². The number of carboxylic acid groups (broad SMARTS) is 1. The minimum atomic E-state index is -5.08. The fraction of sp³-hybridized carbons (Fsp3) is 0.706. The molecule has 11 heteroatoms. The summed E-state index contributed by atoms with van der Waals surface area (Å²) < 4.78 is 42.8. The standard InChI is InChI=1S/C15H24N4O2.C2HF3O2/c1-18(2)14-16-8-12-9-21-11-15(13(12)17-14)4-5-19(10-15)6-7-20-3;3-2(4,5)1(6)7/h8H,4-7,9-11H2,1-3H3;(H,6,7). The number of carbonyl (C=O) groups is 1. The second-order valence-corrected chi connectivity index (χ2v) is 7.03. The molecule has 8 nitrogen and oxygen atoms in total. The Morgan fingerprint density at radius 2 is 2.14 bits per heavy atom. The van der Waals surface area contributed by atoms with E-state index in [9.17, 15) is 13.2 Å². The average Bonchev–Trinajstić information content (AvgIpc) is 3.03. The number of halogens is 3. The maximum Gasteiger partial charge on any atom is 0.490 e. The van der Waals surface area contributed by atoms with Crippen molar-refractivity contribution in [1.82, 2.24) is 14.9 Å². The molecule has 3 rings (SSSR count). The van der Waals surface area contributed by atoms with E-state index in [1.165, 1.54) is 5.69 Å². The van der Waals surface area contributed by atoms with Gasteiger partial charge in [0.25, 0.3) is 0 Å². The minimum absolute atomic E-state index is 0.0228. The van der Waals surface area contributed by atoms with Crippen molar-refractivity contribution in [3.63, 3.8) is 0 Å². The third-order valence-corrected chi connectivity index (χ3v) is 4.68. The first-order chi connectivity index (χ1) is 13.1. The Hall–Kier alpha value is -1.98. The second-order valence-electron chi connectivity index (χ2n) is 7.03. The zero-order valence-electron chi connectivity index (χ0n) is 16.1. The molecule has 1 saturated heterocycles. The van der Waals surface area contributed by atoms with Gasteiger partial charge in [-0.1, -0.05) is 0 Å². The number of rotatable bonds is 4. The monoisotopic (exact) mass is 406 g/mol. The van der Waals surface area contributed by atoms with Crippen LogP contribution in [0.4, 0.5) is 19.1 Å². The summed E-state index contributed by atoms with van der Waals surface area (Å²) in [4.78, 5) is 22.6. The summed E-state index contributed by atoms with van der Waals surface area (Å²) in [5, 5.41) is 7.12. The molecule has 0 saturated carbocycles. The van der Waals surface area contributed by atoms with Crippen LogP contribution in [0, 0.1) is 0 Å². The molecular weight excluding hydrogens is 381 g/mol. The zero-order chi connectivity index (χ0) is 20.9. The number of anilines is 1. The summed E-state index contributed by atoms with van der Waals surface area (Å²) >= 11 is 0. The SMILES string of the molecule is COCCN1CCC2(COCc3cnc(N(C)C)nc32)C1.O=C(O)C(F)(F)F. The lowest BCUT2D eigenvalue weighted by molar-refractivity contribution is -0.192. The van der Waals surface area contributed by atoms with E-state index in [0.29, 0.717) is 6.61 Å². The van der Waals surface area contributed by atoms with Gasteiger partial charge in [0, 0.05) is 46.1 Å². The lowest BCUT2D eigenvalue weighted by Crippen LogP contribution is -2.41. The zero-order valence-corrected chi connectivity index (χ0v) is 16.1. The predicted octanol–water partition coefficient (Wildman–Crippen LogP) is 1.30. The number of hydrogen-bond acceptors (Lipinski definition) is 7. The van der Waals surface area contributed by atoms with Gasteiger partial charge in [-0.3, -0.25) is 4.90 Å². The van der Waals surface area contributed by atoms with Crippen LogP contribution < -0.4 is 4.90 Å². The van der Waals surface area contributed by atoms with Crippen LogP contribution in [0.15, 0.2) is 6.20 Å². The molecule has 1 N–H and O–H groups in total. The van der Waals surface area contributed by atoms with Gasteiger partial charge in [-0.15, -0.1) is 0 Å². The Morgan fingerprint density at radius 3 is 2.71 bits per heavy atom. The smallest absolute Gasteiger partial charge is 0.475 e. The fourth-order valence-electron chi connectivity index (χ4n) is 3.28. The first-order valence-electron chi connectivity index (χ1n) is 8.72. The highest BCUT2D eigenvalue weighted by atomic mass is 19.4. The number of likely N-dealkylation sites (tertiary alicyclic amines) is 1. The van der Waals surface area contributed by atoms with Crippen LogP contribution in [0.5, 0.6) is 0 Å². The lowest BCUT2D eigenvalue weighted by Gasteiger charge is -2.34. The van der Waals surface area contributed by atoms with Crippen LogP contribution in [0.2, 0.25) is 0 Å². The molecule has 1 atom stereocenters. The largest absolute Gasteiger partial charge is 0.490 e. The first-order valence-corrected chi connectivity index (χ1v) is 8.72. The molecular formula is C17H25F3N4O4. The van der Waals surface area contributed by atoms with Gasteiger partial charge < -0.3 is 19.5 Å². The number of nitrogens with zero attached hydrogens (tertiary/aromatic N) is 4. The van der Waals surface area contributed by atoms with Crippen molar-refractivity contribution in [3.05, 3.63) is 17.5 Å². The molecule has 28 heavy (non-hydrogen) atoms. The highest BCUT2D eigenvalue weighted by Gasteiger charge is 2.44. The van der Waals surface area contributed by atoms with Crippen LogP contribution in [0.1, 0.15) is 17.7 Å². The molecule has 1 unspecified atom stereocenters. The third-order valence-electron chi connectivity index (χ3n) is 4.68. The van der Waals surface area contributed by atoms with Crippen LogP contribution in [-0.2, 0) is 26.3 Å². The quantitative estimate of drug-likeness (QED) is 0.801. The Labute approximate surface area is 161 Å². The van der Waals surface area contributed by atoms with Crippen LogP contribution in [-0.4, -0.2) is 86.2 Å². The number of fused-ring (bicyclic) bond motifs is 2. The van der Waals surface area contributed by atoms with Gasteiger partial charge in [0.1, 0.15) is 0 Å². The van der Waals surface area contributed by atoms with Crippen molar-refractivity contribution in [2.24, 2.45) is 0 Å². The Morgan fingerprint density at radius 1 is 1.46 bits per heavy atom. The van der Waals surface area contributed by atoms with E-state index in [1.54, 1.807) is 7.11 Å². The predicted molar refractivity (Wildman–Crippen MR) is 94.3 cm³/mol. The molecule has 3 heterocycles. The van der Waals surface area contributed by atoms with Crippen molar-refractivity contribution in [3.8, 4) is 0 Å². The maximum atomic E-state index is 10.6. The van der Waals surface area contributed by atoms with E-state index in [0.717, 1.165) is 50.8 Å². The van der Waals surface area contributed by atoms with Crippen LogP contribution >= 0.6 is 0 Å². The van der Waals surface area contributed by atoms with Gasteiger partial charge in [-0.25, -0.2) is 14.8 Å². The molecule has 1 fully saturated rings. The van der Waals surface area contributed by atoms with E-state index >= 15 is 0 Å². The van der Waals surface area contributed by atoms with E-state index < -0.39 is 12.1 Å². The summed E-state index contributed by atoms with van der Waals surface area (Å²) in [6, 6.07) is 0. The van der Waals surface area contributed by atoms with E-state index in [1.807, 2.05) is 25.2 Å². The second kappa shape index (κ2) is 9.01. The third kappa shape index (κ3) is 5.30. The number of carboxylic acids is 1. The number of alkyl halides is 3. The molecule has 1 aromatic heterocycles. The van der Waals surface area contributed by atoms with E-state index in [-0.39, 0.29) is 5.41 Å². The van der Waals surface area contributed by atoms with Gasteiger partial charge in [0.15, 0.2) is 0 Å². The molecule has 1 spiro atoms. The molecule has 1 aromatic rings. The Bertz CT molecular complexity index is 687. The lowest BCUT2D eigenvalue weighted by atomic mass is 9.80. The fourth-order valence-corrected chi connectivity index (χ4v) is 3.28. The maximum absolute atomic E-state index is 10.6. The summed E-state index contributed by atoms with van der Waals surface area (Å²) in [6.45, 7) is 5.20. The highest BCUT2D eigenvalue weighted by Crippen LogP contribution is 2.39. The Balaban J connectivity index is 0.000000345. The van der Waals surface area contributed by atoms with Crippen molar-refractivity contribution in [2.75, 3.05) is 59.0 Å². The molecule has 2 aliphatic heterocycles. The Kier molecular flexibility index (Phi) is 7.18. The van der Waals surface area contributed by atoms with Crippen LogP contribution in [0.25, 0.3) is 0 Å². The molecule has 0 radical (unpaired) electrons. The number of hydrogen-bond donors (Lipinski definition) is 1. The number of methoxy groups -OCH3 is 1. The number of aliphatic carboxylic acids is 1. The van der Waals surface area contributed by atoms with Gasteiger partial charge in [0.2, 0.25) is 5.95 Å². The number of aromatic nitrogens is 2.